The fourth-order valence-electron chi connectivity index (χ4n) is 3.16. The Labute approximate surface area is 105 Å². The fraction of sp³-hybridized carbons (Fsp3) is 0.538. The molecule has 1 aromatic rings. The van der Waals surface area contributed by atoms with Gasteiger partial charge in [0.25, 0.3) is 5.69 Å². The molecule has 3 rings (SSSR count). The quantitative estimate of drug-likeness (QED) is 0.641. The molecule has 5 nitrogen and oxygen atoms in total. The predicted molar refractivity (Wildman–Crippen MR) is 66.5 cm³/mol. The Hall–Kier alpha value is -1.46. The second-order valence-corrected chi connectivity index (χ2v) is 5.23. The molecule has 2 heterocycles. The van der Waals surface area contributed by atoms with E-state index in [-0.39, 0.29) is 16.1 Å². The lowest BCUT2D eigenvalue weighted by atomic mass is 9.86. The zero-order valence-corrected chi connectivity index (χ0v) is 10.3. The predicted octanol–water partition coefficient (Wildman–Crippen LogP) is 1.88. The second-order valence-electron chi connectivity index (χ2n) is 5.23. The monoisotopic (exact) mass is 248 g/mol. The van der Waals surface area contributed by atoms with Gasteiger partial charge in [-0.1, -0.05) is 0 Å². The van der Waals surface area contributed by atoms with Gasteiger partial charge in [-0.25, -0.2) is 0 Å². The number of benzene rings is 1. The number of hydrogen-bond acceptors (Lipinski definition) is 4. The van der Waals surface area contributed by atoms with E-state index in [2.05, 4.69) is 5.32 Å². The van der Waals surface area contributed by atoms with Crippen LogP contribution in [-0.2, 0) is 10.3 Å². The molecule has 18 heavy (non-hydrogen) atoms. The normalized spacial score (nSPS) is 30.4. The number of nitrogens with one attached hydrogen (secondary N) is 1. The number of ether oxygens (including phenoxy) is 1. The van der Waals surface area contributed by atoms with Crippen molar-refractivity contribution in [2.45, 2.75) is 31.3 Å². The minimum atomic E-state index is -0.350. The lowest BCUT2D eigenvalue weighted by Crippen LogP contribution is -2.50. The first-order valence-electron chi connectivity index (χ1n) is 6.22. The first kappa shape index (κ1) is 11.6. The van der Waals surface area contributed by atoms with Gasteiger partial charge in [-0.2, -0.15) is 0 Å². The van der Waals surface area contributed by atoms with Crippen molar-refractivity contribution in [3.8, 4) is 0 Å². The summed E-state index contributed by atoms with van der Waals surface area (Å²) in [7, 11) is 0. The SMILES string of the molecule is Cc1cc([N+](=O)[O-])ccc1C12CCC(COC1)N2. The van der Waals surface area contributed by atoms with Crippen LogP contribution in [-0.4, -0.2) is 24.2 Å². The molecule has 2 aliphatic heterocycles. The van der Waals surface area contributed by atoms with E-state index >= 15 is 0 Å². The van der Waals surface area contributed by atoms with Gasteiger partial charge in [0.15, 0.2) is 0 Å². The molecule has 96 valence electrons. The summed E-state index contributed by atoms with van der Waals surface area (Å²) in [5, 5.41) is 14.4. The lowest BCUT2D eigenvalue weighted by molar-refractivity contribution is -0.384. The summed E-state index contributed by atoms with van der Waals surface area (Å²) in [5.41, 5.74) is 2.11. The maximum atomic E-state index is 10.8. The molecule has 2 atom stereocenters. The van der Waals surface area contributed by atoms with E-state index in [1.807, 2.05) is 13.0 Å². The number of fused-ring (bicyclic) bond motifs is 2. The highest BCUT2D eigenvalue weighted by molar-refractivity contribution is 5.43. The minimum absolute atomic E-state index is 0.137. The summed E-state index contributed by atoms with van der Waals surface area (Å²) in [6.07, 6.45) is 2.15. The lowest BCUT2D eigenvalue weighted by Gasteiger charge is -2.36. The van der Waals surface area contributed by atoms with Gasteiger partial charge in [0.1, 0.15) is 0 Å². The molecule has 0 radical (unpaired) electrons. The van der Waals surface area contributed by atoms with Crippen molar-refractivity contribution in [2.24, 2.45) is 0 Å². The Kier molecular flexibility index (Phi) is 2.60. The number of hydrogen-bond donors (Lipinski definition) is 1. The van der Waals surface area contributed by atoms with Crippen LogP contribution in [0.3, 0.4) is 0 Å². The van der Waals surface area contributed by atoms with Crippen molar-refractivity contribution in [1.82, 2.24) is 5.32 Å². The Morgan fingerprint density at radius 3 is 3.11 bits per heavy atom. The summed E-state index contributed by atoms with van der Waals surface area (Å²) in [6.45, 7) is 3.36. The van der Waals surface area contributed by atoms with Gasteiger partial charge >= 0.3 is 0 Å². The number of non-ortho nitro benzene ring substituents is 1. The molecule has 1 N–H and O–H groups in total. The summed E-state index contributed by atoms with van der Waals surface area (Å²) < 4.78 is 5.65. The summed E-state index contributed by atoms with van der Waals surface area (Å²) in [6, 6.07) is 5.53. The van der Waals surface area contributed by atoms with Crippen molar-refractivity contribution in [1.29, 1.82) is 0 Å². The zero-order chi connectivity index (χ0) is 12.8. The number of nitrogens with zero attached hydrogens (tertiary/aromatic N) is 1. The fourth-order valence-corrected chi connectivity index (χ4v) is 3.16. The van der Waals surface area contributed by atoms with Crippen LogP contribution in [0.1, 0.15) is 24.0 Å². The van der Waals surface area contributed by atoms with Crippen molar-refractivity contribution >= 4 is 5.69 Å². The average molecular weight is 248 g/mol. The molecule has 0 amide bonds. The maximum Gasteiger partial charge on any atom is 0.269 e. The molecule has 2 unspecified atom stereocenters. The highest BCUT2D eigenvalue weighted by Gasteiger charge is 2.44. The van der Waals surface area contributed by atoms with Crippen LogP contribution in [0.25, 0.3) is 0 Å². The van der Waals surface area contributed by atoms with E-state index in [1.54, 1.807) is 12.1 Å². The van der Waals surface area contributed by atoms with Crippen molar-refractivity contribution in [3.05, 3.63) is 39.4 Å². The Balaban J connectivity index is 1.99. The molecule has 2 saturated heterocycles. The first-order valence-corrected chi connectivity index (χ1v) is 6.22. The van der Waals surface area contributed by atoms with Gasteiger partial charge in [0.05, 0.1) is 23.7 Å². The molecular formula is C13H16N2O3. The average Bonchev–Trinajstić information content (AvgIpc) is 2.65. The third kappa shape index (κ3) is 1.71. The molecule has 0 aromatic heterocycles. The summed E-state index contributed by atoms with van der Waals surface area (Å²) >= 11 is 0. The molecule has 2 fully saturated rings. The molecule has 1 aromatic carbocycles. The minimum Gasteiger partial charge on any atom is -0.378 e. The third-order valence-electron chi connectivity index (χ3n) is 4.00. The van der Waals surface area contributed by atoms with E-state index in [4.69, 9.17) is 4.74 Å². The second kappa shape index (κ2) is 4.03. The van der Waals surface area contributed by atoms with Crippen LogP contribution in [0.15, 0.2) is 18.2 Å². The smallest absolute Gasteiger partial charge is 0.269 e. The van der Waals surface area contributed by atoms with Crippen LogP contribution in [0.4, 0.5) is 5.69 Å². The first-order chi connectivity index (χ1) is 8.61. The van der Waals surface area contributed by atoms with E-state index < -0.39 is 0 Å². The number of aryl methyl sites for hydroxylation is 1. The van der Waals surface area contributed by atoms with Gasteiger partial charge < -0.3 is 10.1 Å². The highest BCUT2D eigenvalue weighted by Crippen LogP contribution is 2.39. The molecule has 2 bridgehead atoms. The number of nitro benzene ring substituents is 1. The van der Waals surface area contributed by atoms with Crippen LogP contribution in [0, 0.1) is 17.0 Å². The maximum absolute atomic E-state index is 10.8. The molecule has 0 saturated carbocycles. The third-order valence-corrected chi connectivity index (χ3v) is 4.00. The number of rotatable bonds is 2. The van der Waals surface area contributed by atoms with E-state index in [0.29, 0.717) is 12.6 Å². The topological polar surface area (TPSA) is 64.4 Å². The Morgan fingerprint density at radius 2 is 2.39 bits per heavy atom. The standard InChI is InChI=1S/C13H16N2O3/c1-9-6-11(15(16)17)2-3-12(9)13-5-4-10(14-13)7-18-8-13/h2-3,6,10,14H,4-5,7-8H2,1H3. The molecular weight excluding hydrogens is 232 g/mol. The summed E-state index contributed by atoms with van der Waals surface area (Å²) in [4.78, 5) is 10.4. The molecule has 0 aliphatic carbocycles. The van der Waals surface area contributed by atoms with Crippen molar-refractivity contribution in [3.63, 3.8) is 0 Å². The van der Waals surface area contributed by atoms with Gasteiger partial charge in [0.2, 0.25) is 0 Å². The molecule has 0 spiro atoms. The van der Waals surface area contributed by atoms with Crippen LogP contribution in [0.5, 0.6) is 0 Å². The molecule has 2 aliphatic rings. The highest BCUT2D eigenvalue weighted by atomic mass is 16.6. The number of morpholine rings is 1. The van der Waals surface area contributed by atoms with Crippen molar-refractivity contribution < 1.29 is 9.66 Å². The van der Waals surface area contributed by atoms with E-state index in [1.165, 1.54) is 0 Å². The van der Waals surface area contributed by atoms with E-state index in [9.17, 15) is 10.1 Å². The molecule has 5 heteroatoms. The van der Waals surface area contributed by atoms with Gasteiger partial charge in [-0.3, -0.25) is 10.1 Å². The van der Waals surface area contributed by atoms with Crippen LogP contribution in [0.2, 0.25) is 0 Å². The summed E-state index contributed by atoms with van der Waals surface area (Å²) in [5.74, 6) is 0. The van der Waals surface area contributed by atoms with Crippen molar-refractivity contribution in [2.75, 3.05) is 13.2 Å². The Morgan fingerprint density at radius 1 is 1.56 bits per heavy atom. The Bertz CT molecular complexity index is 499. The van der Waals surface area contributed by atoms with Crippen LogP contribution < -0.4 is 5.32 Å². The van der Waals surface area contributed by atoms with Gasteiger partial charge in [-0.15, -0.1) is 0 Å². The van der Waals surface area contributed by atoms with Gasteiger partial charge in [-0.05, 0) is 37.0 Å². The zero-order valence-electron chi connectivity index (χ0n) is 10.3. The van der Waals surface area contributed by atoms with Crippen LogP contribution >= 0.6 is 0 Å². The van der Waals surface area contributed by atoms with E-state index in [0.717, 1.165) is 30.6 Å². The van der Waals surface area contributed by atoms with Gasteiger partial charge in [0, 0.05) is 18.2 Å². The largest absolute Gasteiger partial charge is 0.378 e. The number of nitro groups is 1.